The van der Waals surface area contributed by atoms with Crippen LogP contribution in [0.1, 0.15) is 71.1 Å². The van der Waals surface area contributed by atoms with Crippen LogP contribution in [0, 0.1) is 0 Å². The molecule has 0 aromatic heterocycles. The molecule has 18 heavy (non-hydrogen) atoms. The number of hydrogen-bond acceptors (Lipinski definition) is 1. The monoisotopic (exact) mass is 252 g/mol. The van der Waals surface area contributed by atoms with Crippen LogP contribution in [0.25, 0.3) is 0 Å². The summed E-state index contributed by atoms with van der Waals surface area (Å²) in [6.07, 6.45) is 19.4. The minimum Gasteiger partial charge on any atom is -0.481 e. The maximum atomic E-state index is 10.3. The Balaban J connectivity index is 3.09. The van der Waals surface area contributed by atoms with E-state index in [-0.39, 0.29) is 0 Å². The van der Waals surface area contributed by atoms with E-state index in [1.165, 1.54) is 38.5 Å². The Morgan fingerprint density at radius 3 is 2.06 bits per heavy atom. The summed E-state index contributed by atoms with van der Waals surface area (Å²) in [6, 6.07) is 0. The van der Waals surface area contributed by atoms with E-state index < -0.39 is 5.97 Å². The molecule has 0 unspecified atom stereocenters. The second-order valence-electron chi connectivity index (χ2n) is 4.67. The molecule has 2 nitrogen and oxygen atoms in total. The van der Waals surface area contributed by atoms with Crippen LogP contribution < -0.4 is 0 Å². The van der Waals surface area contributed by atoms with Gasteiger partial charge in [0.25, 0.3) is 0 Å². The van der Waals surface area contributed by atoms with Crippen LogP contribution in [-0.2, 0) is 4.79 Å². The largest absolute Gasteiger partial charge is 0.481 e. The smallest absolute Gasteiger partial charge is 0.303 e. The van der Waals surface area contributed by atoms with E-state index in [0.717, 1.165) is 19.3 Å². The third kappa shape index (κ3) is 14.9. The first-order chi connectivity index (χ1) is 8.77. The molecule has 0 saturated heterocycles. The highest BCUT2D eigenvalue weighted by Crippen LogP contribution is 2.09. The molecule has 2 heteroatoms. The normalized spacial score (nSPS) is 11.6. The van der Waals surface area contributed by atoms with Crippen LogP contribution in [-0.4, -0.2) is 11.1 Å². The van der Waals surface area contributed by atoms with Crippen molar-refractivity contribution in [2.24, 2.45) is 0 Å². The lowest BCUT2D eigenvalue weighted by Gasteiger charge is -1.99. The van der Waals surface area contributed by atoms with Gasteiger partial charge in [-0.05, 0) is 25.7 Å². The molecule has 0 atom stereocenters. The maximum absolute atomic E-state index is 10.3. The van der Waals surface area contributed by atoms with Crippen molar-refractivity contribution in [1.82, 2.24) is 0 Å². The fourth-order valence-corrected chi connectivity index (χ4v) is 1.81. The van der Waals surface area contributed by atoms with Gasteiger partial charge in [0.1, 0.15) is 0 Å². The molecule has 0 saturated carbocycles. The lowest BCUT2D eigenvalue weighted by Crippen LogP contribution is -1.93. The van der Waals surface area contributed by atoms with E-state index in [0.29, 0.717) is 6.42 Å². The summed E-state index contributed by atoms with van der Waals surface area (Å²) in [5, 5.41) is 8.48. The van der Waals surface area contributed by atoms with Crippen molar-refractivity contribution < 1.29 is 9.90 Å². The van der Waals surface area contributed by atoms with Gasteiger partial charge in [-0.3, -0.25) is 4.79 Å². The molecule has 0 spiro atoms. The molecule has 1 N–H and O–H groups in total. The average molecular weight is 252 g/mol. The molecular formula is C16H28O2. The van der Waals surface area contributed by atoms with Crippen LogP contribution in [0.2, 0.25) is 0 Å². The van der Waals surface area contributed by atoms with Gasteiger partial charge in [0.15, 0.2) is 0 Å². The maximum Gasteiger partial charge on any atom is 0.303 e. The highest BCUT2D eigenvalue weighted by molar-refractivity contribution is 5.66. The lowest BCUT2D eigenvalue weighted by atomic mass is 10.1. The van der Waals surface area contributed by atoms with E-state index in [1.807, 2.05) is 0 Å². The highest BCUT2D eigenvalue weighted by Gasteiger charge is 1.96. The Labute approximate surface area is 112 Å². The van der Waals surface area contributed by atoms with Gasteiger partial charge in [-0.2, -0.15) is 0 Å². The van der Waals surface area contributed by atoms with E-state index >= 15 is 0 Å². The zero-order valence-electron chi connectivity index (χ0n) is 11.7. The first kappa shape index (κ1) is 16.9. The van der Waals surface area contributed by atoms with Crippen molar-refractivity contribution in [3.05, 3.63) is 24.3 Å². The Bertz CT molecular complexity index is 241. The Kier molecular flexibility index (Phi) is 13.2. The van der Waals surface area contributed by atoms with E-state index in [9.17, 15) is 4.79 Å². The molecule has 0 aromatic carbocycles. The standard InChI is InChI=1S/C16H28O2/c1-2-3-4-5-6-7-8-9-10-11-12-13-14-15-16(17)18/h3-6H,2,7-15H2,1H3,(H,17,18)/b4-3+,6-5+. The van der Waals surface area contributed by atoms with Crippen LogP contribution >= 0.6 is 0 Å². The minimum atomic E-state index is -0.668. The predicted molar refractivity (Wildman–Crippen MR) is 77.8 cm³/mol. The fourth-order valence-electron chi connectivity index (χ4n) is 1.81. The molecule has 0 aliphatic heterocycles. The van der Waals surface area contributed by atoms with Crippen LogP contribution in [0.15, 0.2) is 24.3 Å². The van der Waals surface area contributed by atoms with Gasteiger partial charge < -0.3 is 5.11 Å². The predicted octanol–water partition coefficient (Wildman–Crippen LogP) is 5.10. The fraction of sp³-hybridized carbons (Fsp3) is 0.688. The van der Waals surface area contributed by atoms with Crippen molar-refractivity contribution >= 4 is 5.97 Å². The summed E-state index contributed by atoms with van der Waals surface area (Å²) >= 11 is 0. The summed E-state index contributed by atoms with van der Waals surface area (Å²) < 4.78 is 0. The molecule has 0 bridgehead atoms. The molecule has 0 rings (SSSR count). The van der Waals surface area contributed by atoms with Crippen LogP contribution in [0.3, 0.4) is 0 Å². The number of unbranched alkanes of at least 4 members (excludes halogenated alkanes) is 7. The first-order valence-electron chi connectivity index (χ1n) is 7.30. The second kappa shape index (κ2) is 14.0. The van der Waals surface area contributed by atoms with Gasteiger partial charge in [-0.25, -0.2) is 0 Å². The van der Waals surface area contributed by atoms with Crippen molar-refractivity contribution in [2.45, 2.75) is 71.1 Å². The number of carboxylic acids is 1. The van der Waals surface area contributed by atoms with E-state index in [4.69, 9.17) is 5.11 Å². The van der Waals surface area contributed by atoms with Crippen molar-refractivity contribution in [1.29, 1.82) is 0 Å². The van der Waals surface area contributed by atoms with Gasteiger partial charge in [0, 0.05) is 6.42 Å². The average Bonchev–Trinajstić information content (AvgIpc) is 2.34. The van der Waals surface area contributed by atoms with Gasteiger partial charge in [0.2, 0.25) is 0 Å². The minimum absolute atomic E-state index is 0.329. The SMILES string of the molecule is CC/C=C/C=C/CCCCCCCCCC(=O)O. The first-order valence-corrected chi connectivity index (χ1v) is 7.30. The molecule has 104 valence electrons. The molecular weight excluding hydrogens is 224 g/mol. The van der Waals surface area contributed by atoms with Crippen LogP contribution in [0.4, 0.5) is 0 Å². The molecule has 0 fully saturated rings. The zero-order chi connectivity index (χ0) is 13.5. The number of aliphatic carboxylic acids is 1. The molecule has 0 aliphatic carbocycles. The van der Waals surface area contributed by atoms with Crippen molar-refractivity contribution in [2.75, 3.05) is 0 Å². The molecule has 0 aromatic rings. The topological polar surface area (TPSA) is 37.3 Å². The zero-order valence-corrected chi connectivity index (χ0v) is 11.7. The van der Waals surface area contributed by atoms with E-state index in [2.05, 4.69) is 31.2 Å². The lowest BCUT2D eigenvalue weighted by molar-refractivity contribution is -0.137. The Morgan fingerprint density at radius 1 is 0.889 bits per heavy atom. The second-order valence-corrected chi connectivity index (χ2v) is 4.67. The van der Waals surface area contributed by atoms with E-state index in [1.54, 1.807) is 0 Å². The highest BCUT2D eigenvalue weighted by atomic mass is 16.4. The summed E-state index contributed by atoms with van der Waals surface area (Å²) in [7, 11) is 0. The number of hydrogen-bond donors (Lipinski definition) is 1. The van der Waals surface area contributed by atoms with Crippen molar-refractivity contribution in [3.8, 4) is 0 Å². The third-order valence-corrected chi connectivity index (χ3v) is 2.88. The Morgan fingerprint density at radius 2 is 1.44 bits per heavy atom. The molecule has 0 aliphatic rings. The van der Waals surface area contributed by atoms with Gasteiger partial charge >= 0.3 is 5.97 Å². The van der Waals surface area contributed by atoms with Crippen LogP contribution in [0.5, 0.6) is 0 Å². The van der Waals surface area contributed by atoms with Gasteiger partial charge in [-0.15, -0.1) is 0 Å². The number of carbonyl (C=O) groups is 1. The summed E-state index contributed by atoms with van der Waals surface area (Å²) in [4.78, 5) is 10.3. The third-order valence-electron chi connectivity index (χ3n) is 2.88. The molecule has 0 heterocycles. The number of allylic oxidation sites excluding steroid dienone is 4. The van der Waals surface area contributed by atoms with Gasteiger partial charge in [-0.1, -0.05) is 63.3 Å². The molecule has 0 radical (unpaired) electrons. The van der Waals surface area contributed by atoms with Crippen molar-refractivity contribution in [3.63, 3.8) is 0 Å². The number of carboxylic acid groups (broad SMARTS) is 1. The number of rotatable bonds is 12. The Hall–Kier alpha value is -1.05. The molecule has 0 amide bonds. The quantitative estimate of drug-likeness (QED) is 0.387. The summed E-state index contributed by atoms with van der Waals surface area (Å²) in [5.41, 5.74) is 0. The van der Waals surface area contributed by atoms with Gasteiger partial charge in [0.05, 0.1) is 0 Å². The summed E-state index contributed by atoms with van der Waals surface area (Å²) in [6.45, 7) is 2.14. The summed E-state index contributed by atoms with van der Waals surface area (Å²) in [5.74, 6) is -0.668.